The third-order valence-corrected chi connectivity index (χ3v) is 2.43. The lowest BCUT2D eigenvalue weighted by atomic mass is 10.3. The van der Waals surface area contributed by atoms with Gasteiger partial charge in [0.05, 0.1) is 4.92 Å². The molecule has 0 radical (unpaired) electrons. The molecule has 1 aromatic heterocycles. The van der Waals surface area contributed by atoms with Crippen LogP contribution >= 0.6 is 11.6 Å². The molecule has 0 unspecified atom stereocenters. The van der Waals surface area contributed by atoms with E-state index in [1.54, 1.807) is 0 Å². The highest BCUT2D eigenvalue weighted by Crippen LogP contribution is 2.33. The fourth-order valence-corrected chi connectivity index (χ4v) is 1.54. The summed E-state index contributed by atoms with van der Waals surface area (Å²) in [6, 6.07) is 3.72. The second-order valence-corrected chi connectivity index (χ2v) is 3.92. The molecule has 0 aliphatic carbocycles. The Bertz CT molecular complexity index is 692. The van der Waals surface area contributed by atoms with E-state index in [9.17, 15) is 14.9 Å². The molecule has 0 amide bonds. The number of nitrogens with zero attached hydrogens (tertiary/aromatic N) is 3. The zero-order valence-corrected chi connectivity index (χ0v) is 10.4. The number of carbonyl (C=O) groups is 1. The average molecular weight is 296 g/mol. The number of nitro benzene ring substituents is 1. The van der Waals surface area contributed by atoms with Gasteiger partial charge in [-0.25, -0.2) is 14.8 Å². The molecule has 0 saturated heterocycles. The summed E-state index contributed by atoms with van der Waals surface area (Å²) in [6.07, 6.45) is 2.39. The first-order valence-electron chi connectivity index (χ1n) is 5.15. The molecule has 0 aliphatic heterocycles. The van der Waals surface area contributed by atoms with E-state index in [0.29, 0.717) is 0 Å². The lowest BCUT2D eigenvalue weighted by Gasteiger charge is -2.07. The van der Waals surface area contributed by atoms with Gasteiger partial charge in [0.1, 0.15) is 0 Å². The monoisotopic (exact) mass is 295 g/mol. The molecule has 9 heteroatoms. The summed E-state index contributed by atoms with van der Waals surface area (Å²) in [7, 11) is 0. The highest BCUT2D eigenvalue weighted by molar-refractivity contribution is 6.30. The van der Waals surface area contributed by atoms with Crippen molar-refractivity contribution in [3.05, 3.63) is 51.4 Å². The molecular weight excluding hydrogens is 290 g/mol. The second-order valence-electron chi connectivity index (χ2n) is 3.49. The predicted molar refractivity (Wildman–Crippen MR) is 67.2 cm³/mol. The van der Waals surface area contributed by atoms with Gasteiger partial charge in [0.25, 0.3) is 5.88 Å². The first-order chi connectivity index (χ1) is 9.49. The Labute approximate surface area is 116 Å². The molecular formula is C11H6ClN3O5. The van der Waals surface area contributed by atoms with Crippen molar-refractivity contribution in [1.82, 2.24) is 9.97 Å². The highest BCUT2D eigenvalue weighted by atomic mass is 35.5. The number of carboxylic acid groups (broad SMARTS) is 1. The van der Waals surface area contributed by atoms with Crippen LogP contribution in [-0.2, 0) is 0 Å². The molecule has 8 nitrogen and oxygen atoms in total. The molecule has 1 N–H and O–H groups in total. The molecule has 0 saturated carbocycles. The van der Waals surface area contributed by atoms with Gasteiger partial charge in [0, 0.05) is 23.5 Å². The number of aromatic nitrogens is 2. The molecule has 0 bridgehead atoms. The number of nitro groups is 1. The summed E-state index contributed by atoms with van der Waals surface area (Å²) < 4.78 is 5.16. The van der Waals surface area contributed by atoms with Crippen LogP contribution in [0.15, 0.2) is 30.6 Å². The molecule has 1 aromatic carbocycles. The largest absolute Gasteiger partial charge is 0.476 e. The standard InChI is InChI=1S/C11H6ClN3O5/c12-6-1-2-8(7(5-6)15(18)19)20-10-9(11(16)17)13-3-4-14-10/h1-5H,(H,16,17). The zero-order valence-electron chi connectivity index (χ0n) is 9.69. The molecule has 0 fully saturated rings. The van der Waals surface area contributed by atoms with Crippen LogP contribution in [0.4, 0.5) is 5.69 Å². The predicted octanol–water partition coefficient (Wildman–Crippen LogP) is 2.53. The number of ether oxygens (including phenoxy) is 1. The van der Waals surface area contributed by atoms with Crippen LogP contribution < -0.4 is 4.74 Å². The van der Waals surface area contributed by atoms with Gasteiger partial charge < -0.3 is 9.84 Å². The van der Waals surface area contributed by atoms with E-state index in [1.807, 2.05) is 0 Å². The molecule has 0 atom stereocenters. The van der Waals surface area contributed by atoms with Crippen LogP contribution in [0.2, 0.25) is 5.02 Å². The Kier molecular flexibility index (Phi) is 3.76. The van der Waals surface area contributed by atoms with E-state index < -0.39 is 22.3 Å². The van der Waals surface area contributed by atoms with Gasteiger partial charge in [0.2, 0.25) is 11.4 Å². The van der Waals surface area contributed by atoms with E-state index in [-0.39, 0.29) is 16.7 Å². The fraction of sp³-hybridized carbons (Fsp3) is 0. The fourth-order valence-electron chi connectivity index (χ4n) is 1.37. The molecule has 0 spiro atoms. The van der Waals surface area contributed by atoms with E-state index in [1.165, 1.54) is 24.5 Å². The number of hydrogen-bond acceptors (Lipinski definition) is 6. The van der Waals surface area contributed by atoms with Gasteiger partial charge in [0.15, 0.2) is 0 Å². The van der Waals surface area contributed by atoms with Crippen LogP contribution in [0.1, 0.15) is 10.5 Å². The molecule has 0 aliphatic rings. The summed E-state index contributed by atoms with van der Waals surface area (Å²) in [5.74, 6) is -1.88. The first kappa shape index (κ1) is 13.7. The van der Waals surface area contributed by atoms with Crippen molar-refractivity contribution >= 4 is 23.3 Å². The molecule has 20 heavy (non-hydrogen) atoms. The molecule has 1 heterocycles. The molecule has 2 aromatic rings. The van der Waals surface area contributed by atoms with Crippen LogP contribution in [0, 0.1) is 10.1 Å². The van der Waals surface area contributed by atoms with Crippen molar-refractivity contribution in [3.8, 4) is 11.6 Å². The summed E-state index contributed by atoms with van der Waals surface area (Å²) in [5, 5.41) is 20.0. The van der Waals surface area contributed by atoms with Crippen LogP contribution in [0.3, 0.4) is 0 Å². The minimum Gasteiger partial charge on any atom is -0.476 e. The number of rotatable bonds is 4. The Morgan fingerprint density at radius 1 is 1.35 bits per heavy atom. The van der Waals surface area contributed by atoms with Gasteiger partial charge in [-0.2, -0.15) is 0 Å². The van der Waals surface area contributed by atoms with E-state index in [0.717, 1.165) is 6.07 Å². The van der Waals surface area contributed by atoms with Gasteiger partial charge in [-0.15, -0.1) is 0 Å². The first-order valence-corrected chi connectivity index (χ1v) is 5.53. The lowest BCUT2D eigenvalue weighted by Crippen LogP contribution is -2.05. The van der Waals surface area contributed by atoms with Gasteiger partial charge in [-0.05, 0) is 12.1 Å². The third kappa shape index (κ3) is 2.81. The number of benzene rings is 1. The van der Waals surface area contributed by atoms with Crippen LogP contribution in [0.5, 0.6) is 11.6 Å². The minimum atomic E-state index is -1.36. The van der Waals surface area contributed by atoms with Crippen LogP contribution in [0.25, 0.3) is 0 Å². The number of hydrogen-bond donors (Lipinski definition) is 1. The van der Waals surface area contributed by atoms with E-state index >= 15 is 0 Å². The summed E-state index contributed by atoms with van der Waals surface area (Å²) in [4.78, 5) is 28.4. The van der Waals surface area contributed by atoms with Gasteiger partial charge >= 0.3 is 11.7 Å². The van der Waals surface area contributed by atoms with Crippen molar-refractivity contribution in [1.29, 1.82) is 0 Å². The maximum atomic E-state index is 10.9. The van der Waals surface area contributed by atoms with E-state index in [2.05, 4.69) is 9.97 Å². The quantitative estimate of drug-likeness (QED) is 0.680. The minimum absolute atomic E-state index is 0.154. The average Bonchev–Trinajstić information content (AvgIpc) is 2.41. The van der Waals surface area contributed by atoms with Gasteiger partial charge in [-0.1, -0.05) is 11.6 Å². The Morgan fingerprint density at radius 3 is 2.70 bits per heavy atom. The number of aromatic carboxylic acids is 1. The van der Waals surface area contributed by atoms with Crippen molar-refractivity contribution in [3.63, 3.8) is 0 Å². The van der Waals surface area contributed by atoms with Crippen molar-refractivity contribution < 1.29 is 19.6 Å². The zero-order chi connectivity index (χ0) is 14.7. The summed E-state index contributed by atoms with van der Waals surface area (Å²) >= 11 is 5.66. The Hall–Kier alpha value is -2.74. The topological polar surface area (TPSA) is 115 Å². The van der Waals surface area contributed by atoms with Crippen molar-refractivity contribution in [2.45, 2.75) is 0 Å². The summed E-state index contributed by atoms with van der Waals surface area (Å²) in [6.45, 7) is 0. The highest BCUT2D eigenvalue weighted by Gasteiger charge is 2.21. The second kappa shape index (κ2) is 5.49. The smallest absolute Gasteiger partial charge is 0.360 e. The Morgan fingerprint density at radius 2 is 2.05 bits per heavy atom. The van der Waals surface area contributed by atoms with Crippen molar-refractivity contribution in [2.75, 3.05) is 0 Å². The SMILES string of the molecule is O=C(O)c1nccnc1Oc1ccc(Cl)cc1[N+](=O)[O-]. The van der Waals surface area contributed by atoms with Gasteiger partial charge in [-0.3, -0.25) is 10.1 Å². The maximum Gasteiger partial charge on any atom is 0.360 e. The molecule has 102 valence electrons. The van der Waals surface area contributed by atoms with Crippen molar-refractivity contribution in [2.24, 2.45) is 0 Å². The normalized spacial score (nSPS) is 10.1. The van der Waals surface area contributed by atoms with Crippen LogP contribution in [-0.4, -0.2) is 26.0 Å². The number of halogens is 1. The Balaban J connectivity index is 2.45. The maximum absolute atomic E-state index is 10.9. The summed E-state index contributed by atoms with van der Waals surface area (Å²) in [5.41, 5.74) is -0.851. The third-order valence-electron chi connectivity index (χ3n) is 2.19. The number of carboxylic acids is 1. The van der Waals surface area contributed by atoms with E-state index in [4.69, 9.17) is 21.4 Å². The molecule has 2 rings (SSSR count). The lowest BCUT2D eigenvalue weighted by molar-refractivity contribution is -0.385.